The van der Waals surface area contributed by atoms with Gasteiger partial charge in [-0.15, -0.1) is 0 Å². The first-order valence-electron chi connectivity index (χ1n) is 15.8. The van der Waals surface area contributed by atoms with Crippen LogP contribution in [-0.4, -0.2) is 56.1 Å². The van der Waals surface area contributed by atoms with Crippen LogP contribution in [0.3, 0.4) is 0 Å². The fourth-order valence-electron chi connectivity index (χ4n) is 4.74. The normalized spacial score (nSPS) is 11.3. The van der Waals surface area contributed by atoms with Crippen LogP contribution in [0.5, 0.6) is 0 Å². The smallest absolute Gasteiger partial charge is 0.295 e. The number of carbonyl (C=O) groups excluding carboxylic acids is 2. The number of hydrazone groups is 1. The van der Waals surface area contributed by atoms with Crippen LogP contribution in [0.25, 0.3) is 0 Å². The van der Waals surface area contributed by atoms with Crippen molar-refractivity contribution >= 4 is 39.7 Å². The quantitative estimate of drug-likeness (QED) is 0.0368. The van der Waals surface area contributed by atoms with Gasteiger partial charge in [-0.1, -0.05) is 56.7 Å². The Balaban J connectivity index is 1.17. The van der Waals surface area contributed by atoms with Gasteiger partial charge in [0.2, 0.25) is 5.91 Å². The number of aryl methyl sites for hydroxylation is 1. The summed E-state index contributed by atoms with van der Waals surface area (Å²) in [7, 11) is -2.45. The first kappa shape index (κ1) is 36.1. The van der Waals surface area contributed by atoms with Gasteiger partial charge in [0, 0.05) is 62.6 Å². The predicted octanol–water partition coefficient (Wildman–Crippen LogP) is 4.55. The minimum Gasteiger partial charge on any atom is -0.388 e. The monoisotopic (exact) mass is 652 g/mol. The number of hydrogen-bond donors (Lipinski definition) is 5. The predicted molar refractivity (Wildman–Crippen MR) is 179 cm³/mol. The molecule has 1 aromatic carbocycles. The summed E-state index contributed by atoms with van der Waals surface area (Å²) in [4.78, 5) is 28.4. The van der Waals surface area contributed by atoms with Crippen LogP contribution in [0, 0.1) is 0 Å². The van der Waals surface area contributed by atoms with Crippen molar-refractivity contribution in [3.8, 4) is 0 Å². The molecule has 0 atom stereocenters. The summed E-state index contributed by atoms with van der Waals surface area (Å²) in [6, 6.07) is 13.2. The highest BCUT2D eigenvalue weighted by atomic mass is 32.2. The molecule has 248 valence electrons. The molecule has 2 aromatic heterocycles. The maximum Gasteiger partial charge on any atom is 0.295 e. The molecule has 46 heavy (non-hydrogen) atoms. The van der Waals surface area contributed by atoms with Crippen LogP contribution in [0.15, 0.2) is 77.1 Å². The lowest BCUT2D eigenvalue weighted by Crippen LogP contribution is -2.34. The van der Waals surface area contributed by atoms with Gasteiger partial charge in [0.1, 0.15) is 17.3 Å². The Kier molecular flexibility index (Phi) is 15.6. The molecule has 0 saturated heterocycles. The second-order valence-corrected chi connectivity index (χ2v) is 12.3. The number of nitrogens with zero attached hydrogens (tertiary/aromatic N) is 3. The van der Waals surface area contributed by atoms with Gasteiger partial charge in [-0.3, -0.25) is 19.6 Å². The summed E-state index contributed by atoms with van der Waals surface area (Å²) >= 11 is 0. The summed E-state index contributed by atoms with van der Waals surface area (Å²) in [6.45, 7) is 1.70. The lowest BCUT2D eigenvalue weighted by atomic mass is 10.1. The van der Waals surface area contributed by atoms with E-state index in [1.54, 1.807) is 18.2 Å². The maximum atomic E-state index is 12.4. The zero-order valence-corrected chi connectivity index (χ0v) is 27.3. The van der Waals surface area contributed by atoms with Gasteiger partial charge in [-0.05, 0) is 31.0 Å². The Morgan fingerprint density at radius 1 is 0.870 bits per heavy atom. The summed E-state index contributed by atoms with van der Waals surface area (Å²) in [6.07, 6.45) is 17.8. The molecular formula is C33H46N7O5S+. The van der Waals surface area contributed by atoms with Gasteiger partial charge in [-0.2, -0.15) is 13.5 Å². The molecule has 0 aliphatic rings. The zero-order chi connectivity index (χ0) is 33.0. The van der Waals surface area contributed by atoms with Gasteiger partial charge in [0.15, 0.2) is 12.4 Å². The van der Waals surface area contributed by atoms with E-state index >= 15 is 0 Å². The van der Waals surface area contributed by atoms with Crippen molar-refractivity contribution in [2.45, 2.75) is 75.6 Å². The van der Waals surface area contributed by atoms with E-state index in [2.05, 4.69) is 60.6 Å². The number of carbonyl (C=O) groups is 2. The highest BCUT2D eigenvalue weighted by Crippen LogP contribution is 2.14. The fraction of sp³-hybridized carbons (Fsp3) is 0.424. The van der Waals surface area contributed by atoms with Crippen LogP contribution in [0.1, 0.15) is 80.1 Å². The van der Waals surface area contributed by atoms with Crippen LogP contribution in [0.4, 0.5) is 11.5 Å². The lowest BCUT2D eigenvalue weighted by molar-refractivity contribution is -0.697. The average Bonchev–Trinajstić information content (AvgIpc) is 3.06. The first-order chi connectivity index (χ1) is 22.3. The van der Waals surface area contributed by atoms with Gasteiger partial charge in [0.25, 0.3) is 16.0 Å². The second kappa shape index (κ2) is 19.9. The number of anilines is 2. The van der Waals surface area contributed by atoms with Gasteiger partial charge in [0.05, 0.1) is 11.8 Å². The van der Waals surface area contributed by atoms with Gasteiger partial charge in [-0.25, -0.2) is 9.55 Å². The molecule has 0 spiro atoms. The van der Waals surface area contributed by atoms with Crippen molar-refractivity contribution in [2.75, 3.05) is 30.9 Å². The Labute approximate surface area is 271 Å². The molecule has 0 radical (unpaired) electrons. The molecule has 13 heteroatoms. The molecule has 2 heterocycles. The number of unbranched alkanes of at least 4 members (excludes halogenated alkanes) is 8. The Bertz CT molecular complexity index is 1500. The van der Waals surface area contributed by atoms with Crippen LogP contribution in [-0.2, 0) is 21.5 Å². The first-order valence-corrected chi connectivity index (χ1v) is 17.2. The van der Waals surface area contributed by atoms with E-state index in [-0.39, 0.29) is 22.3 Å². The molecule has 0 aliphatic carbocycles. The van der Waals surface area contributed by atoms with Crippen molar-refractivity contribution in [1.29, 1.82) is 0 Å². The van der Waals surface area contributed by atoms with Crippen molar-refractivity contribution in [3.63, 3.8) is 0 Å². The molecule has 3 rings (SSSR count). The molecular weight excluding hydrogens is 606 g/mol. The van der Waals surface area contributed by atoms with E-state index in [9.17, 15) is 22.6 Å². The van der Waals surface area contributed by atoms with E-state index in [0.717, 1.165) is 31.5 Å². The molecule has 0 unspecified atom stereocenters. The number of amides is 2. The minimum absolute atomic E-state index is 0.00965. The molecule has 0 bridgehead atoms. The number of rotatable bonds is 21. The molecule has 2 amide bonds. The molecule has 0 saturated carbocycles. The summed E-state index contributed by atoms with van der Waals surface area (Å²) < 4.78 is 34.5. The highest BCUT2D eigenvalue weighted by Gasteiger charge is 2.13. The number of nitrogens with one attached hydrogen (secondary N) is 4. The number of pyridine rings is 2. The molecule has 0 aliphatic heterocycles. The van der Waals surface area contributed by atoms with Crippen LogP contribution < -0.4 is 25.9 Å². The Morgan fingerprint density at radius 2 is 1.52 bits per heavy atom. The van der Waals surface area contributed by atoms with Crippen molar-refractivity contribution in [3.05, 3.63) is 78.2 Å². The SMILES string of the molecule is CNc1cc[n+](CCCCCCCCCCCC(=O)NCCNC(=O)c2ccc(N/N=C/c3ccccc3S(=O)(=O)O)nc2)cc1. The molecule has 0 fully saturated rings. The average molecular weight is 653 g/mol. The van der Waals surface area contributed by atoms with E-state index < -0.39 is 10.1 Å². The number of aromatic nitrogens is 2. The Morgan fingerprint density at radius 3 is 2.17 bits per heavy atom. The minimum atomic E-state index is -4.38. The third-order valence-corrected chi connectivity index (χ3v) is 8.27. The zero-order valence-electron chi connectivity index (χ0n) is 26.5. The summed E-state index contributed by atoms with van der Waals surface area (Å²) in [5.41, 5.74) is 4.32. The van der Waals surface area contributed by atoms with Crippen molar-refractivity contribution in [2.24, 2.45) is 5.10 Å². The Hall–Kier alpha value is -4.36. The van der Waals surface area contributed by atoms with Gasteiger partial charge >= 0.3 is 0 Å². The molecule has 5 N–H and O–H groups in total. The molecule has 12 nitrogen and oxygen atoms in total. The van der Waals surface area contributed by atoms with Crippen LogP contribution >= 0.6 is 0 Å². The standard InChI is InChI=1S/C33H45N7O5S/c1-34-29-18-23-40(24-19-29)22-12-8-6-4-2-3-5-7-9-15-32(41)35-20-21-36-33(42)28-16-17-31(37-25-28)39-38-26-27-13-10-11-14-30(27)46(43,44)45/h10-11,13-14,16-19,23-26H,2-9,12,15,20-22H2,1H3,(H4,35,36,37,39,41,42,43,44,45)/p+1/b38-26+. The van der Waals surface area contributed by atoms with E-state index in [0.29, 0.717) is 30.9 Å². The van der Waals surface area contributed by atoms with Crippen molar-refractivity contribution in [1.82, 2.24) is 15.6 Å². The number of benzene rings is 1. The van der Waals surface area contributed by atoms with E-state index in [1.165, 1.54) is 69.1 Å². The lowest BCUT2D eigenvalue weighted by Gasteiger charge is -2.08. The second-order valence-electron chi connectivity index (χ2n) is 10.9. The highest BCUT2D eigenvalue weighted by molar-refractivity contribution is 7.86. The summed E-state index contributed by atoms with van der Waals surface area (Å²) in [5.74, 6) is 0.00348. The third kappa shape index (κ3) is 13.7. The maximum absolute atomic E-state index is 12.4. The number of hydrogen-bond acceptors (Lipinski definition) is 8. The topological polar surface area (TPSA) is 166 Å². The van der Waals surface area contributed by atoms with Crippen molar-refractivity contribution < 1.29 is 27.1 Å². The van der Waals surface area contributed by atoms with E-state index in [1.807, 2.05) is 7.05 Å². The van der Waals surface area contributed by atoms with Crippen LogP contribution in [0.2, 0.25) is 0 Å². The third-order valence-electron chi connectivity index (χ3n) is 7.34. The van der Waals surface area contributed by atoms with E-state index in [4.69, 9.17) is 0 Å². The fourth-order valence-corrected chi connectivity index (χ4v) is 5.41. The largest absolute Gasteiger partial charge is 0.388 e. The summed E-state index contributed by atoms with van der Waals surface area (Å²) in [5, 5.41) is 12.7. The molecule has 3 aromatic rings. The van der Waals surface area contributed by atoms with Gasteiger partial charge < -0.3 is 16.0 Å².